The average Bonchev–Trinajstić information content (AvgIpc) is 3.46. The number of nitrogens with zero attached hydrogens (tertiary/aromatic N) is 1. The van der Waals surface area contributed by atoms with Crippen molar-refractivity contribution in [1.82, 2.24) is 4.90 Å². The van der Waals surface area contributed by atoms with Gasteiger partial charge in [-0.3, -0.25) is 4.79 Å². The number of nitrogens with two attached hydrogens (primary N) is 1. The molecule has 0 aromatic rings. The van der Waals surface area contributed by atoms with Crippen LogP contribution in [0, 0.1) is 29.1 Å². The number of hydrogen-bond acceptors (Lipinski definition) is 7. The Morgan fingerprint density at radius 2 is 1.97 bits per heavy atom. The molecule has 0 aromatic heterocycles. The summed E-state index contributed by atoms with van der Waals surface area (Å²) >= 11 is 3.76. The number of thioether (sulfide) groups is 2. The summed E-state index contributed by atoms with van der Waals surface area (Å²) in [6, 6.07) is 0. The largest absolute Gasteiger partial charge is 0.454 e. The van der Waals surface area contributed by atoms with Gasteiger partial charge in [0.1, 0.15) is 0 Å². The molecule has 5 fully saturated rings. The van der Waals surface area contributed by atoms with Gasteiger partial charge in [-0.2, -0.15) is 11.8 Å². The maximum Gasteiger partial charge on any atom is 0.454 e. The number of fused-ring (bicyclic) bond motifs is 2. The molecule has 2 saturated carbocycles. The van der Waals surface area contributed by atoms with Crippen LogP contribution in [0.25, 0.3) is 0 Å². The van der Waals surface area contributed by atoms with Crippen LogP contribution in [0.2, 0.25) is 5.82 Å². The first kappa shape index (κ1) is 25.7. The summed E-state index contributed by atoms with van der Waals surface area (Å²) in [6.45, 7) is 3.40. The fraction of sp³-hybridized carbons (Fsp3) is 0.960. The Morgan fingerprint density at radius 1 is 1.18 bits per heavy atom. The Kier molecular flexibility index (Phi) is 8.18. The Morgan fingerprint density at radius 3 is 2.68 bits per heavy atom. The molecule has 3 aliphatic heterocycles. The molecule has 9 heteroatoms. The molecular formula is C25H43BN2O4S2. The number of piperidine rings is 1. The van der Waals surface area contributed by atoms with Gasteiger partial charge >= 0.3 is 7.12 Å². The van der Waals surface area contributed by atoms with Gasteiger partial charge in [-0.25, -0.2) is 0 Å². The number of ether oxygens (including phenoxy) is 1. The quantitative estimate of drug-likeness (QED) is 0.489. The molecule has 0 bridgehead atoms. The van der Waals surface area contributed by atoms with Gasteiger partial charge in [0.15, 0.2) is 0 Å². The highest BCUT2D eigenvalue weighted by Gasteiger charge is 2.53. The molecule has 3 heterocycles. The van der Waals surface area contributed by atoms with Crippen molar-refractivity contribution in [2.45, 2.75) is 86.0 Å². The van der Waals surface area contributed by atoms with Gasteiger partial charge < -0.3 is 25.4 Å². The third kappa shape index (κ3) is 4.95. The molecule has 8 unspecified atom stereocenters. The predicted octanol–water partition coefficient (Wildman–Crippen LogP) is 3.21. The van der Waals surface area contributed by atoms with E-state index in [2.05, 4.69) is 11.2 Å². The molecule has 1 spiro atoms. The van der Waals surface area contributed by atoms with Crippen LogP contribution >= 0.6 is 23.5 Å². The highest BCUT2D eigenvalue weighted by Crippen LogP contribution is 2.54. The van der Waals surface area contributed by atoms with E-state index in [1.54, 1.807) is 0 Å². The molecule has 0 aromatic carbocycles. The van der Waals surface area contributed by atoms with Crippen LogP contribution in [0.3, 0.4) is 0 Å². The summed E-state index contributed by atoms with van der Waals surface area (Å²) in [5, 5.41) is 19.5. The standard InChI is InChI=1S/C25H43BN2O4S2/c1-33-24-19(17-3-2-4-18(12-17)26(30)31)13-22(34-24)23(29)28-9-7-25(8-10-28)15-32-21-6-5-16(14-27)11-20(21)25/h16-22,24,30-31H,2-15,27H2,1H3. The molecule has 0 radical (unpaired) electrons. The molecule has 5 rings (SSSR count). The second-order valence-corrected chi connectivity index (χ2v) is 14.4. The summed E-state index contributed by atoms with van der Waals surface area (Å²) in [5.41, 5.74) is 6.28. The maximum absolute atomic E-state index is 13.6. The zero-order valence-corrected chi connectivity index (χ0v) is 22.3. The highest BCUT2D eigenvalue weighted by atomic mass is 32.2. The monoisotopic (exact) mass is 510 g/mol. The van der Waals surface area contributed by atoms with Crippen molar-refractivity contribution in [1.29, 1.82) is 0 Å². The Bertz CT molecular complexity index is 723. The second kappa shape index (κ2) is 10.8. The van der Waals surface area contributed by atoms with Crippen molar-refractivity contribution in [3.8, 4) is 0 Å². The van der Waals surface area contributed by atoms with Gasteiger partial charge in [0, 0.05) is 18.5 Å². The number of hydrogen-bond donors (Lipinski definition) is 3. The summed E-state index contributed by atoms with van der Waals surface area (Å²) in [6.07, 6.45) is 13.3. The zero-order chi connectivity index (χ0) is 23.9. The van der Waals surface area contributed by atoms with Crippen LogP contribution in [-0.4, -0.2) is 76.4 Å². The molecule has 3 saturated heterocycles. The minimum absolute atomic E-state index is 0.00426. The van der Waals surface area contributed by atoms with Gasteiger partial charge in [-0.05, 0) is 87.2 Å². The van der Waals surface area contributed by atoms with Gasteiger partial charge in [0.25, 0.3) is 0 Å². The van der Waals surface area contributed by atoms with Crippen molar-refractivity contribution in [3.05, 3.63) is 0 Å². The van der Waals surface area contributed by atoms with Crippen molar-refractivity contribution in [2.24, 2.45) is 34.8 Å². The van der Waals surface area contributed by atoms with E-state index in [1.807, 2.05) is 23.5 Å². The van der Waals surface area contributed by atoms with E-state index in [4.69, 9.17) is 10.5 Å². The van der Waals surface area contributed by atoms with Crippen LogP contribution in [0.4, 0.5) is 0 Å². The fourth-order valence-electron chi connectivity index (χ4n) is 7.97. The van der Waals surface area contributed by atoms with Crippen LogP contribution in [0.15, 0.2) is 0 Å². The number of likely N-dealkylation sites (tertiary alicyclic amines) is 1. The predicted molar refractivity (Wildman–Crippen MR) is 141 cm³/mol. The molecule has 2 aliphatic carbocycles. The molecule has 5 aliphatic rings. The van der Waals surface area contributed by atoms with Gasteiger partial charge in [0.05, 0.1) is 22.5 Å². The van der Waals surface area contributed by atoms with E-state index in [0.29, 0.717) is 40.3 Å². The zero-order valence-electron chi connectivity index (χ0n) is 20.6. The molecule has 34 heavy (non-hydrogen) atoms. The van der Waals surface area contributed by atoms with E-state index < -0.39 is 7.12 Å². The fourth-order valence-corrected chi connectivity index (χ4v) is 11.0. The van der Waals surface area contributed by atoms with Gasteiger partial charge in [-0.15, -0.1) is 11.8 Å². The van der Waals surface area contributed by atoms with Crippen LogP contribution in [0.1, 0.15) is 64.2 Å². The van der Waals surface area contributed by atoms with Crippen molar-refractivity contribution < 1.29 is 19.6 Å². The minimum Gasteiger partial charge on any atom is -0.427 e. The number of amides is 1. The normalized spacial score (nSPS) is 42.1. The van der Waals surface area contributed by atoms with Crippen LogP contribution < -0.4 is 5.73 Å². The third-order valence-electron chi connectivity index (χ3n) is 10.1. The van der Waals surface area contributed by atoms with Crippen LogP contribution in [-0.2, 0) is 9.53 Å². The first-order chi connectivity index (χ1) is 16.4. The van der Waals surface area contributed by atoms with E-state index in [-0.39, 0.29) is 16.5 Å². The topological polar surface area (TPSA) is 96.0 Å². The molecule has 8 atom stereocenters. The van der Waals surface area contributed by atoms with Crippen molar-refractivity contribution >= 4 is 36.5 Å². The summed E-state index contributed by atoms with van der Waals surface area (Å²) in [7, 11) is -1.20. The lowest BCUT2D eigenvalue weighted by Crippen LogP contribution is -2.49. The number of carbonyl (C=O) groups is 1. The molecule has 4 N–H and O–H groups in total. The molecule has 6 nitrogen and oxygen atoms in total. The molecule has 192 valence electrons. The van der Waals surface area contributed by atoms with Gasteiger partial charge in [0.2, 0.25) is 5.91 Å². The van der Waals surface area contributed by atoms with E-state index in [9.17, 15) is 14.8 Å². The van der Waals surface area contributed by atoms with Crippen LogP contribution in [0.5, 0.6) is 0 Å². The molecule has 1 amide bonds. The smallest absolute Gasteiger partial charge is 0.427 e. The third-order valence-corrected chi connectivity index (χ3v) is 13.2. The number of rotatable bonds is 5. The van der Waals surface area contributed by atoms with Crippen molar-refractivity contribution in [3.63, 3.8) is 0 Å². The highest BCUT2D eigenvalue weighted by molar-refractivity contribution is 8.17. The Balaban J connectivity index is 1.18. The summed E-state index contributed by atoms with van der Waals surface area (Å²) in [4.78, 5) is 15.8. The Hall–Kier alpha value is 0.0749. The van der Waals surface area contributed by atoms with E-state index in [1.165, 1.54) is 12.8 Å². The first-order valence-electron chi connectivity index (χ1n) is 13.6. The average molecular weight is 511 g/mol. The van der Waals surface area contributed by atoms with Crippen molar-refractivity contribution in [2.75, 3.05) is 32.5 Å². The Labute approximate surface area is 214 Å². The lowest BCUT2D eigenvalue weighted by Gasteiger charge is -2.45. The summed E-state index contributed by atoms with van der Waals surface area (Å²) < 4.78 is 6.72. The minimum atomic E-state index is -1.20. The van der Waals surface area contributed by atoms with E-state index in [0.717, 1.165) is 77.6 Å². The first-order valence-corrected chi connectivity index (χ1v) is 15.8. The maximum atomic E-state index is 13.6. The SMILES string of the molecule is CSC1SC(C(=O)N2CCC3(CC2)COC2CCC(CN)CC23)CC1C1CCCC(B(O)O)C1. The number of carbonyl (C=O) groups excluding carboxylic acids is 1. The lowest BCUT2D eigenvalue weighted by atomic mass is 9.60. The lowest BCUT2D eigenvalue weighted by molar-refractivity contribution is -0.133. The van der Waals surface area contributed by atoms with E-state index >= 15 is 0 Å². The summed E-state index contributed by atoms with van der Waals surface area (Å²) in [5.74, 6) is 2.60. The molecular weight excluding hydrogens is 467 g/mol. The second-order valence-electron chi connectivity index (χ2n) is 11.8. The van der Waals surface area contributed by atoms with Gasteiger partial charge in [-0.1, -0.05) is 19.3 Å².